The fraction of sp³-hybridized carbons (Fsp3) is 0.190. The molecule has 24 heavy (non-hydrogen) atoms. The van der Waals surface area contributed by atoms with E-state index < -0.39 is 0 Å². The molecule has 0 aromatic heterocycles. The standard InChI is InChI=1S/C21H17NOS/c1-14-9-10-17-19(13-14)21(22(20(17)23)11-12-24-21)18-8-4-6-15-5-2-3-7-16(15)18/h2-10,13H,11-12H2,1H3. The fourth-order valence-corrected chi connectivity index (χ4v) is 5.70. The fourth-order valence-electron chi connectivity index (χ4n) is 4.15. The first kappa shape index (κ1) is 14.1. The number of hydrogen-bond donors (Lipinski definition) is 0. The van der Waals surface area contributed by atoms with Gasteiger partial charge >= 0.3 is 0 Å². The predicted octanol–water partition coefficient (Wildman–Crippen LogP) is 4.55. The summed E-state index contributed by atoms with van der Waals surface area (Å²) < 4.78 is 0. The van der Waals surface area contributed by atoms with Crippen molar-refractivity contribution in [3.8, 4) is 0 Å². The number of benzene rings is 3. The average molecular weight is 331 g/mol. The molecule has 1 fully saturated rings. The smallest absolute Gasteiger partial charge is 0.255 e. The second-order valence-corrected chi connectivity index (χ2v) is 7.81. The van der Waals surface area contributed by atoms with Crippen LogP contribution in [-0.2, 0) is 4.87 Å². The van der Waals surface area contributed by atoms with Crippen molar-refractivity contribution in [3.63, 3.8) is 0 Å². The third-order valence-corrected chi connectivity index (χ3v) is 6.64. The highest BCUT2D eigenvalue weighted by Crippen LogP contribution is 2.56. The average Bonchev–Trinajstić information content (AvgIpc) is 3.14. The van der Waals surface area contributed by atoms with E-state index in [1.807, 2.05) is 23.9 Å². The van der Waals surface area contributed by atoms with Gasteiger partial charge in [-0.3, -0.25) is 4.79 Å². The molecule has 0 spiro atoms. The summed E-state index contributed by atoms with van der Waals surface area (Å²) in [7, 11) is 0. The number of nitrogens with zero attached hydrogens (tertiary/aromatic N) is 1. The molecule has 0 saturated carbocycles. The van der Waals surface area contributed by atoms with Gasteiger partial charge in [-0.05, 0) is 23.8 Å². The van der Waals surface area contributed by atoms with Gasteiger partial charge in [0.1, 0.15) is 4.87 Å². The number of carbonyl (C=O) groups excluding carboxylic acids is 1. The Labute approximate surface area is 145 Å². The lowest BCUT2D eigenvalue weighted by molar-refractivity contribution is 0.0753. The van der Waals surface area contributed by atoms with Gasteiger partial charge in [-0.15, -0.1) is 11.8 Å². The van der Waals surface area contributed by atoms with E-state index in [1.54, 1.807) is 0 Å². The number of thioether (sulfide) groups is 1. The molecule has 2 heterocycles. The van der Waals surface area contributed by atoms with Crippen LogP contribution >= 0.6 is 11.8 Å². The molecule has 0 bridgehead atoms. The van der Waals surface area contributed by atoms with Gasteiger partial charge in [0.2, 0.25) is 0 Å². The molecule has 3 aromatic carbocycles. The summed E-state index contributed by atoms with van der Waals surface area (Å²) in [5, 5.41) is 2.46. The van der Waals surface area contributed by atoms with Crippen LogP contribution in [0, 0.1) is 6.92 Å². The number of fused-ring (bicyclic) bond motifs is 4. The molecule has 2 nitrogen and oxygen atoms in total. The highest BCUT2D eigenvalue weighted by atomic mass is 32.2. The number of hydrogen-bond acceptors (Lipinski definition) is 2. The summed E-state index contributed by atoms with van der Waals surface area (Å²) in [6.07, 6.45) is 0. The summed E-state index contributed by atoms with van der Waals surface area (Å²) in [5.41, 5.74) is 4.46. The molecule has 2 aliphatic heterocycles. The lowest BCUT2D eigenvalue weighted by atomic mass is 9.92. The van der Waals surface area contributed by atoms with E-state index in [0.717, 1.165) is 23.4 Å². The molecule has 1 saturated heterocycles. The quantitative estimate of drug-likeness (QED) is 0.652. The number of aryl methyl sites for hydroxylation is 1. The molecule has 1 amide bonds. The van der Waals surface area contributed by atoms with E-state index in [4.69, 9.17) is 0 Å². The minimum Gasteiger partial charge on any atom is -0.315 e. The molecule has 0 aliphatic carbocycles. The van der Waals surface area contributed by atoms with E-state index in [1.165, 1.54) is 21.9 Å². The highest BCUT2D eigenvalue weighted by molar-refractivity contribution is 8.00. The third-order valence-electron chi connectivity index (χ3n) is 5.18. The predicted molar refractivity (Wildman–Crippen MR) is 99.4 cm³/mol. The normalized spacial score (nSPS) is 22.0. The zero-order valence-electron chi connectivity index (χ0n) is 13.5. The molecule has 118 valence electrons. The SMILES string of the molecule is Cc1ccc2c(c1)C1(c3cccc4ccccc34)SCCN1C2=O. The first-order chi connectivity index (χ1) is 11.7. The van der Waals surface area contributed by atoms with Crippen LogP contribution in [0.4, 0.5) is 0 Å². The molecule has 1 atom stereocenters. The van der Waals surface area contributed by atoms with Crippen molar-refractivity contribution in [2.45, 2.75) is 11.8 Å². The second-order valence-electron chi connectivity index (χ2n) is 6.53. The van der Waals surface area contributed by atoms with Crippen molar-refractivity contribution in [1.29, 1.82) is 0 Å². The molecule has 5 rings (SSSR count). The Morgan fingerprint density at radius 1 is 1.00 bits per heavy atom. The van der Waals surface area contributed by atoms with Crippen LogP contribution < -0.4 is 0 Å². The van der Waals surface area contributed by atoms with E-state index in [-0.39, 0.29) is 10.8 Å². The van der Waals surface area contributed by atoms with Gasteiger partial charge in [0.25, 0.3) is 5.91 Å². The van der Waals surface area contributed by atoms with Crippen LogP contribution in [-0.4, -0.2) is 23.1 Å². The Kier molecular flexibility index (Phi) is 2.86. The van der Waals surface area contributed by atoms with Gasteiger partial charge in [-0.25, -0.2) is 0 Å². The van der Waals surface area contributed by atoms with Crippen molar-refractivity contribution in [1.82, 2.24) is 4.90 Å². The van der Waals surface area contributed by atoms with Crippen molar-refractivity contribution < 1.29 is 4.79 Å². The first-order valence-corrected chi connectivity index (χ1v) is 9.26. The van der Waals surface area contributed by atoms with Crippen molar-refractivity contribution in [2.24, 2.45) is 0 Å². The molecule has 1 unspecified atom stereocenters. The lowest BCUT2D eigenvalue weighted by Gasteiger charge is -2.33. The summed E-state index contributed by atoms with van der Waals surface area (Å²) in [4.78, 5) is 14.7. The molecule has 0 radical (unpaired) electrons. The Balaban J connectivity index is 1.89. The van der Waals surface area contributed by atoms with Crippen LogP contribution in [0.15, 0.2) is 60.7 Å². The Morgan fingerprint density at radius 2 is 1.83 bits per heavy atom. The monoisotopic (exact) mass is 331 g/mol. The number of rotatable bonds is 1. The highest BCUT2D eigenvalue weighted by Gasteiger charge is 2.54. The summed E-state index contributed by atoms with van der Waals surface area (Å²) in [6.45, 7) is 2.91. The Bertz CT molecular complexity index is 991. The maximum absolute atomic E-state index is 13.0. The van der Waals surface area contributed by atoms with Gasteiger partial charge in [-0.1, -0.05) is 60.2 Å². The minimum atomic E-state index is -0.376. The molecule has 2 aliphatic rings. The summed E-state index contributed by atoms with van der Waals surface area (Å²) >= 11 is 1.89. The van der Waals surface area contributed by atoms with E-state index in [0.29, 0.717) is 0 Å². The van der Waals surface area contributed by atoms with E-state index in [2.05, 4.69) is 60.4 Å². The van der Waals surface area contributed by atoms with Gasteiger partial charge < -0.3 is 4.90 Å². The molecule has 3 aromatic rings. The Hall–Kier alpha value is -2.26. The van der Waals surface area contributed by atoms with Crippen molar-refractivity contribution in [3.05, 3.63) is 82.9 Å². The van der Waals surface area contributed by atoms with Crippen LogP contribution in [0.1, 0.15) is 27.0 Å². The first-order valence-electron chi connectivity index (χ1n) is 8.27. The van der Waals surface area contributed by atoms with Crippen LogP contribution in [0.2, 0.25) is 0 Å². The maximum Gasteiger partial charge on any atom is 0.255 e. The molecule has 3 heteroatoms. The number of carbonyl (C=O) groups is 1. The van der Waals surface area contributed by atoms with Gasteiger partial charge in [0.15, 0.2) is 0 Å². The van der Waals surface area contributed by atoms with Crippen LogP contribution in [0.5, 0.6) is 0 Å². The third kappa shape index (κ3) is 1.65. The van der Waals surface area contributed by atoms with Crippen LogP contribution in [0.3, 0.4) is 0 Å². The second kappa shape index (κ2) is 4.87. The minimum absolute atomic E-state index is 0.169. The number of amides is 1. The van der Waals surface area contributed by atoms with Crippen LogP contribution in [0.25, 0.3) is 10.8 Å². The summed E-state index contributed by atoms with van der Waals surface area (Å²) in [5.74, 6) is 1.14. The lowest BCUT2D eigenvalue weighted by Crippen LogP contribution is -2.37. The van der Waals surface area contributed by atoms with Crippen molar-refractivity contribution in [2.75, 3.05) is 12.3 Å². The van der Waals surface area contributed by atoms with Gasteiger partial charge in [0, 0.05) is 29.0 Å². The van der Waals surface area contributed by atoms with Gasteiger partial charge in [-0.2, -0.15) is 0 Å². The molecular weight excluding hydrogens is 314 g/mol. The maximum atomic E-state index is 13.0. The van der Waals surface area contributed by atoms with Gasteiger partial charge in [0.05, 0.1) is 0 Å². The zero-order valence-corrected chi connectivity index (χ0v) is 14.3. The molecular formula is C21H17NOS. The van der Waals surface area contributed by atoms with E-state index >= 15 is 0 Å². The largest absolute Gasteiger partial charge is 0.315 e. The molecule has 0 N–H and O–H groups in total. The topological polar surface area (TPSA) is 20.3 Å². The summed E-state index contributed by atoms with van der Waals surface area (Å²) in [6, 6.07) is 21.2. The Morgan fingerprint density at radius 3 is 2.75 bits per heavy atom. The van der Waals surface area contributed by atoms with Crippen molar-refractivity contribution >= 4 is 28.4 Å². The van der Waals surface area contributed by atoms with E-state index in [9.17, 15) is 4.79 Å². The zero-order chi connectivity index (χ0) is 16.3.